The molecule has 0 amide bonds. The summed E-state index contributed by atoms with van der Waals surface area (Å²) in [6, 6.07) is 3.76. The highest BCUT2D eigenvalue weighted by molar-refractivity contribution is 5.55. The first-order valence-electron chi connectivity index (χ1n) is 6.68. The molecule has 5 heteroatoms. The number of ether oxygens (including phenoxy) is 3. The van der Waals surface area contributed by atoms with Crippen LogP contribution in [0.25, 0.3) is 0 Å². The zero-order chi connectivity index (χ0) is 13.2. The Hall–Kier alpha value is -1.46. The molecule has 5 nitrogen and oxygen atoms in total. The van der Waals surface area contributed by atoms with Crippen LogP contribution in [0, 0.1) is 0 Å². The Morgan fingerprint density at radius 2 is 2.26 bits per heavy atom. The Labute approximate surface area is 112 Å². The molecular weight excluding hydrogens is 246 g/mol. The average Bonchev–Trinajstić information content (AvgIpc) is 2.94. The Kier molecular flexibility index (Phi) is 3.48. The molecule has 2 aliphatic heterocycles. The summed E-state index contributed by atoms with van der Waals surface area (Å²) in [6.07, 6.45) is 2.76. The molecule has 0 radical (unpaired) electrons. The summed E-state index contributed by atoms with van der Waals surface area (Å²) < 4.78 is 16.0. The van der Waals surface area contributed by atoms with Gasteiger partial charge in [-0.2, -0.15) is 0 Å². The highest BCUT2D eigenvalue weighted by atomic mass is 16.7. The van der Waals surface area contributed by atoms with Gasteiger partial charge in [-0.15, -0.1) is 0 Å². The summed E-state index contributed by atoms with van der Waals surface area (Å²) in [7, 11) is 1.59. The molecule has 1 saturated heterocycles. The summed E-state index contributed by atoms with van der Waals surface area (Å²) in [5.41, 5.74) is 0.806. The fraction of sp³-hybridized carbons (Fsp3) is 0.571. The molecule has 3 rings (SSSR count). The number of rotatable bonds is 3. The summed E-state index contributed by atoms with van der Waals surface area (Å²) >= 11 is 0. The number of nitrogens with one attached hydrogen (secondary N) is 1. The van der Waals surface area contributed by atoms with E-state index in [1.807, 2.05) is 12.1 Å². The molecule has 19 heavy (non-hydrogen) atoms. The molecule has 1 aromatic carbocycles. The molecule has 2 N–H and O–H groups in total. The molecule has 0 aromatic heterocycles. The van der Waals surface area contributed by atoms with E-state index in [-0.39, 0.29) is 12.8 Å². The Morgan fingerprint density at radius 3 is 3.00 bits per heavy atom. The first kappa shape index (κ1) is 12.6. The third-order valence-electron chi connectivity index (χ3n) is 3.75. The van der Waals surface area contributed by atoms with E-state index in [0.717, 1.165) is 24.9 Å². The molecule has 1 aromatic rings. The Balaban J connectivity index is 1.87. The van der Waals surface area contributed by atoms with Crippen molar-refractivity contribution in [1.82, 2.24) is 5.32 Å². The summed E-state index contributed by atoms with van der Waals surface area (Å²) in [4.78, 5) is 0. The molecule has 0 aliphatic carbocycles. The standard InChI is InChI=1S/C14H19NO4/c1-17-11-6-9(7-12-14(11)19-8-18-12)13(16)10-4-2-3-5-15-10/h6-7,10,13,15-16H,2-5,8H2,1H3. The van der Waals surface area contributed by atoms with Crippen LogP contribution in [-0.2, 0) is 0 Å². The molecule has 1 fully saturated rings. The van der Waals surface area contributed by atoms with E-state index in [0.29, 0.717) is 17.2 Å². The zero-order valence-corrected chi connectivity index (χ0v) is 11.0. The number of hydrogen-bond acceptors (Lipinski definition) is 5. The molecule has 104 valence electrons. The predicted octanol–water partition coefficient (Wildman–Crippen LogP) is 1.60. The van der Waals surface area contributed by atoms with Gasteiger partial charge in [-0.1, -0.05) is 6.42 Å². The third kappa shape index (κ3) is 2.35. The van der Waals surface area contributed by atoms with Crippen LogP contribution < -0.4 is 19.5 Å². The topological polar surface area (TPSA) is 60.0 Å². The second-order valence-electron chi connectivity index (χ2n) is 4.96. The van der Waals surface area contributed by atoms with Crippen molar-refractivity contribution < 1.29 is 19.3 Å². The maximum Gasteiger partial charge on any atom is 0.231 e. The molecule has 0 spiro atoms. The average molecular weight is 265 g/mol. The van der Waals surface area contributed by atoms with Crippen LogP contribution in [0.3, 0.4) is 0 Å². The van der Waals surface area contributed by atoms with E-state index in [2.05, 4.69) is 5.32 Å². The quantitative estimate of drug-likeness (QED) is 0.869. The van der Waals surface area contributed by atoms with Crippen LogP contribution in [-0.4, -0.2) is 31.6 Å². The fourth-order valence-corrected chi connectivity index (χ4v) is 2.70. The highest BCUT2D eigenvalue weighted by Gasteiger charge is 2.27. The number of piperidine rings is 1. The van der Waals surface area contributed by atoms with Crippen molar-refractivity contribution >= 4 is 0 Å². The first-order valence-corrected chi connectivity index (χ1v) is 6.68. The second kappa shape index (κ2) is 5.27. The van der Waals surface area contributed by atoms with Gasteiger partial charge in [-0.3, -0.25) is 0 Å². The lowest BCUT2D eigenvalue weighted by Gasteiger charge is -2.28. The number of hydrogen-bond donors (Lipinski definition) is 2. The van der Waals surface area contributed by atoms with Gasteiger partial charge >= 0.3 is 0 Å². The molecule has 2 aliphatic rings. The largest absolute Gasteiger partial charge is 0.493 e. The second-order valence-corrected chi connectivity index (χ2v) is 4.96. The minimum atomic E-state index is -0.552. The van der Waals surface area contributed by atoms with Gasteiger partial charge in [0.05, 0.1) is 13.2 Å². The number of fused-ring (bicyclic) bond motifs is 1. The van der Waals surface area contributed by atoms with Crippen LogP contribution in [0.2, 0.25) is 0 Å². The number of methoxy groups -OCH3 is 1. The normalized spacial score (nSPS) is 23.2. The van der Waals surface area contributed by atoms with Crippen molar-refractivity contribution in [3.8, 4) is 17.2 Å². The van der Waals surface area contributed by atoms with Gasteiger partial charge in [0.25, 0.3) is 0 Å². The molecule has 0 saturated carbocycles. The van der Waals surface area contributed by atoms with Crippen molar-refractivity contribution in [2.24, 2.45) is 0 Å². The van der Waals surface area contributed by atoms with E-state index in [9.17, 15) is 5.11 Å². The van der Waals surface area contributed by atoms with Crippen molar-refractivity contribution in [2.75, 3.05) is 20.4 Å². The predicted molar refractivity (Wildman–Crippen MR) is 69.7 cm³/mol. The van der Waals surface area contributed by atoms with Gasteiger partial charge in [0.1, 0.15) is 0 Å². The first-order chi connectivity index (χ1) is 9.29. The van der Waals surface area contributed by atoms with Crippen molar-refractivity contribution in [1.29, 1.82) is 0 Å². The maximum absolute atomic E-state index is 10.5. The fourth-order valence-electron chi connectivity index (χ4n) is 2.70. The van der Waals surface area contributed by atoms with Crippen molar-refractivity contribution in [3.05, 3.63) is 17.7 Å². The summed E-state index contributed by atoms with van der Waals surface area (Å²) in [6.45, 7) is 1.16. The number of aliphatic hydroxyl groups excluding tert-OH is 1. The Morgan fingerprint density at radius 1 is 1.37 bits per heavy atom. The van der Waals surface area contributed by atoms with Gasteiger partial charge in [-0.25, -0.2) is 0 Å². The van der Waals surface area contributed by atoms with E-state index in [1.54, 1.807) is 7.11 Å². The smallest absolute Gasteiger partial charge is 0.231 e. The number of benzene rings is 1. The lowest BCUT2D eigenvalue weighted by atomic mass is 9.94. The summed E-state index contributed by atoms with van der Waals surface area (Å²) in [5, 5.41) is 13.8. The van der Waals surface area contributed by atoms with E-state index < -0.39 is 6.10 Å². The van der Waals surface area contributed by atoms with E-state index >= 15 is 0 Å². The zero-order valence-electron chi connectivity index (χ0n) is 11.0. The lowest BCUT2D eigenvalue weighted by molar-refractivity contribution is 0.113. The molecular formula is C14H19NO4. The van der Waals surface area contributed by atoms with Gasteiger partial charge in [0.15, 0.2) is 11.5 Å². The molecule has 2 unspecified atom stereocenters. The third-order valence-corrected chi connectivity index (χ3v) is 3.75. The highest BCUT2D eigenvalue weighted by Crippen LogP contribution is 2.43. The van der Waals surface area contributed by atoms with Crippen molar-refractivity contribution in [2.45, 2.75) is 31.4 Å². The van der Waals surface area contributed by atoms with E-state index in [1.165, 1.54) is 6.42 Å². The lowest BCUT2D eigenvalue weighted by Crippen LogP contribution is -2.38. The number of aliphatic hydroxyl groups is 1. The molecule has 0 bridgehead atoms. The van der Waals surface area contributed by atoms with Gasteiger partial charge in [0, 0.05) is 6.04 Å². The van der Waals surface area contributed by atoms with Crippen LogP contribution in [0.15, 0.2) is 12.1 Å². The summed E-state index contributed by atoms with van der Waals surface area (Å²) in [5.74, 6) is 1.87. The van der Waals surface area contributed by atoms with Crippen LogP contribution in [0.1, 0.15) is 30.9 Å². The van der Waals surface area contributed by atoms with Gasteiger partial charge < -0.3 is 24.6 Å². The van der Waals surface area contributed by atoms with Gasteiger partial charge in [-0.05, 0) is 37.1 Å². The minimum Gasteiger partial charge on any atom is -0.493 e. The monoisotopic (exact) mass is 265 g/mol. The molecule has 2 atom stereocenters. The van der Waals surface area contributed by atoms with E-state index in [4.69, 9.17) is 14.2 Å². The van der Waals surface area contributed by atoms with Gasteiger partial charge in [0.2, 0.25) is 12.5 Å². The van der Waals surface area contributed by atoms with Crippen LogP contribution >= 0.6 is 0 Å². The Bertz CT molecular complexity index is 457. The van der Waals surface area contributed by atoms with Crippen molar-refractivity contribution in [3.63, 3.8) is 0 Å². The SMILES string of the molecule is COc1cc(C(O)C2CCCCN2)cc2c1OCO2. The molecule has 2 heterocycles. The minimum absolute atomic E-state index is 0.0961. The van der Waals surface area contributed by atoms with Crippen LogP contribution in [0.5, 0.6) is 17.2 Å². The maximum atomic E-state index is 10.5. The van der Waals surface area contributed by atoms with Crippen LogP contribution in [0.4, 0.5) is 0 Å².